The van der Waals surface area contributed by atoms with Gasteiger partial charge in [0.2, 0.25) is 0 Å². The molecule has 4 rings (SSSR count). The first kappa shape index (κ1) is 28.6. The summed E-state index contributed by atoms with van der Waals surface area (Å²) in [6.45, 7) is 1.99. The van der Waals surface area contributed by atoms with Gasteiger partial charge >= 0.3 is 24.5 Å². The maximum absolute atomic E-state index is 13.6. The monoisotopic (exact) mass is 571 g/mol. The number of nitrogens with one attached hydrogen (secondary N) is 2. The van der Waals surface area contributed by atoms with Gasteiger partial charge in [-0.05, 0) is 74.8 Å². The molecule has 1 aliphatic heterocycles. The first-order valence-corrected chi connectivity index (χ1v) is 12.9. The number of hydrogen-bond acceptors (Lipinski definition) is 5. The summed E-state index contributed by atoms with van der Waals surface area (Å²) in [4.78, 5) is 37.6. The number of nitrogens with zero attached hydrogens (tertiary/aromatic N) is 1. The van der Waals surface area contributed by atoms with E-state index in [0.29, 0.717) is 50.9 Å². The number of anilines is 1. The van der Waals surface area contributed by atoms with Gasteiger partial charge in [0.1, 0.15) is 12.2 Å². The molecule has 0 bridgehead atoms. The van der Waals surface area contributed by atoms with Crippen molar-refractivity contribution in [2.45, 2.75) is 75.9 Å². The molecule has 2 aliphatic carbocycles. The summed E-state index contributed by atoms with van der Waals surface area (Å²) >= 11 is 5.78. The highest BCUT2D eigenvalue weighted by molar-refractivity contribution is 6.31. The lowest BCUT2D eigenvalue weighted by Gasteiger charge is -2.35. The number of carboxylic acid groups (broad SMARTS) is 1. The molecule has 1 fully saturated rings. The zero-order valence-corrected chi connectivity index (χ0v) is 21.9. The Labute approximate surface area is 227 Å². The number of allylic oxidation sites excluding steroid dienone is 2. The standard InChI is InChI=1S/C26H29ClF3N3O6/c1-25(10-8-17(27)13-21(25)26(28,29)30)32-22(34)31-18-3-2-16-14-33(11-9-15(16)12-18)23(35)38-19-4-6-20(7-5-19)39-24(36)37/h2-3,8,12-13,19-20H,4-7,9-11,14H2,1H3,(H,36,37)(H2,31,32,34). The summed E-state index contributed by atoms with van der Waals surface area (Å²) in [7, 11) is 0. The number of benzene rings is 1. The van der Waals surface area contributed by atoms with E-state index in [0.717, 1.165) is 17.2 Å². The van der Waals surface area contributed by atoms with Crippen molar-refractivity contribution < 1.29 is 42.1 Å². The minimum atomic E-state index is -4.66. The van der Waals surface area contributed by atoms with Crippen molar-refractivity contribution in [1.29, 1.82) is 0 Å². The lowest BCUT2D eigenvalue weighted by Crippen LogP contribution is -2.52. The Morgan fingerprint density at radius 3 is 2.41 bits per heavy atom. The van der Waals surface area contributed by atoms with E-state index in [-0.39, 0.29) is 23.7 Å². The molecule has 1 aromatic rings. The number of carbonyl (C=O) groups excluding carboxylic acids is 2. The average molecular weight is 572 g/mol. The first-order valence-electron chi connectivity index (χ1n) is 12.5. The van der Waals surface area contributed by atoms with Crippen molar-refractivity contribution >= 4 is 35.6 Å². The SMILES string of the molecule is CC1(NC(=O)Nc2ccc3c(c2)CCN(C(=O)OC2CCC(OC(=O)O)CC2)C3)CC=C(Cl)C=C1C(F)(F)F. The predicted octanol–water partition coefficient (Wildman–Crippen LogP) is 6.08. The third-order valence-electron chi connectivity index (χ3n) is 7.17. The topological polar surface area (TPSA) is 117 Å². The normalized spacial score (nSPS) is 25.0. The number of rotatable bonds is 4. The zero-order chi connectivity index (χ0) is 28.4. The van der Waals surface area contributed by atoms with Crippen molar-refractivity contribution in [2.24, 2.45) is 0 Å². The quantitative estimate of drug-likeness (QED) is 0.377. The predicted molar refractivity (Wildman–Crippen MR) is 135 cm³/mol. The van der Waals surface area contributed by atoms with E-state index < -0.39 is 35.6 Å². The molecule has 1 saturated carbocycles. The van der Waals surface area contributed by atoms with E-state index in [9.17, 15) is 27.6 Å². The Kier molecular flexibility index (Phi) is 8.34. The van der Waals surface area contributed by atoms with Crippen molar-refractivity contribution in [3.05, 3.63) is 52.1 Å². The zero-order valence-electron chi connectivity index (χ0n) is 21.1. The van der Waals surface area contributed by atoms with Crippen molar-refractivity contribution in [2.75, 3.05) is 11.9 Å². The number of alkyl halides is 3. The van der Waals surface area contributed by atoms with Crippen LogP contribution in [0.15, 0.2) is 41.0 Å². The number of amides is 3. The van der Waals surface area contributed by atoms with Gasteiger partial charge in [0, 0.05) is 23.8 Å². The molecule has 0 spiro atoms. The Morgan fingerprint density at radius 1 is 1.10 bits per heavy atom. The summed E-state index contributed by atoms with van der Waals surface area (Å²) in [5, 5.41) is 13.7. The molecular weight excluding hydrogens is 543 g/mol. The van der Waals surface area contributed by atoms with Gasteiger partial charge in [0.25, 0.3) is 0 Å². The van der Waals surface area contributed by atoms with E-state index in [1.807, 2.05) is 0 Å². The second-order valence-electron chi connectivity index (χ2n) is 10.1. The molecular formula is C26H29ClF3N3O6. The van der Waals surface area contributed by atoms with Gasteiger partial charge in [0.15, 0.2) is 0 Å². The Balaban J connectivity index is 1.31. The van der Waals surface area contributed by atoms with Gasteiger partial charge in [-0.3, -0.25) is 0 Å². The van der Waals surface area contributed by atoms with Crippen LogP contribution >= 0.6 is 11.6 Å². The number of hydrogen-bond donors (Lipinski definition) is 3. The molecule has 1 unspecified atom stereocenters. The van der Waals surface area contributed by atoms with Gasteiger partial charge in [-0.25, -0.2) is 14.4 Å². The van der Waals surface area contributed by atoms with Gasteiger partial charge in [-0.1, -0.05) is 23.7 Å². The van der Waals surface area contributed by atoms with Crippen LogP contribution in [0.5, 0.6) is 0 Å². The molecule has 0 radical (unpaired) electrons. The van der Waals surface area contributed by atoms with Gasteiger partial charge in [0.05, 0.1) is 11.1 Å². The molecule has 1 heterocycles. The van der Waals surface area contributed by atoms with Crippen LogP contribution in [0.25, 0.3) is 0 Å². The van der Waals surface area contributed by atoms with Crippen LogP contribution in [0.3, 0.4) is 0 Å². The second-order valence-corrected chi connectivity index (χ2v) is 10.5. The van der Waals surface area contributed by atoms with Crippen LogP contribution < -0.4 is 10.6 Å². The van der Waals surface area contributed by atoms with E-state index in [4.69, 9.17) is 26.2 Å². The Morgan fingerprint density at radius 2 is 1.77 bits per heavy atom. The lowest BCUT2D eigenvalue weighted by molar-refractivity contribution is -0.101. The fraction of sp³-hybridized carbons (Fsp3) is 0.500. The van der Waals surface area contributed by atoms with Crippen LogP contribution in [0.1, 0.15) is 50.2 Å². The summed E-state index contributed by atoms with van der Waals surface area (Å²) in [5.41, 5.74) is -0.440. The number of halogens is 4. The molecule has 3 amide bonds. The summed E-state index contributed by atoms with van der Waals surface area (Å²) in [6, 6.07) is 4.33. The number of urea groups is 1. The Hall–Kier alpha value is -3.41. The average Bonchev–Trinajstić information content (AvgIpc) is 2.85. The van der Waals surface area contributed by atoms with Crippen LogP contribution in [0.2, 0.25) is 0 Å². The van der Waals surface area contributed by atoms with Crippen molar-refractivity contribution in [3.63, 3.8) is 0 Å². The molecule has 39 heavy (non-hydrogen) atoms. The maximum Gasteiger partial charge on any atom is 0.506 e. The highest BCUT2D eigenvalue weighted by atomic mass is 35.5. The van der Waals surface area contributed by atoms with E-state index in [1.54, 1.807) is 23.1 Å². The molecule has 3 N–H and O–H groups in total. The van der Waals surface area contributed by atoms with Gasteiger partial charge < -0.3 is 30.1 Å². The third-order valence-corrected chi connectivity index (χ3v) is 7.43. The number of fused-ring (bicyclic) bond motifs is 1. The highest BCUT2D eigenvalue weighted by Gasteiger charge is 2.47. The largest absolute Gasteiger partial charge is 0.506 e. The van der Waals surface area contributed by atoms with Gasteiger partial charge in [-0.2, -0.15) is 13.2 Å². The summed E-state index contributed by atoms with van der Waals surface area (Å²) in [5.74, 6) is 0. The Bertz CT molecular complexity index is 1200. The van der Waals surface area contributed by atoms with Crippen LogP contribution in [-0.2, 0) is 22.4 Å². The first-order chi connectivity index (χ1) is 18.3. The number of carbonyl (C=O) groups is 3. The molecule has 1 aromatic carbocycles. The maximum atomic E-state index is 13.6. The van der Waals surface area contributed by atoms with Crippen molar-refractivity contribution in [1.82, 2.24) is 10.2 Å². The third kappa shape index (κ3) is 7.17. The smallest absolute Gasteiger partial charge is 0.450 e. The molecule has 0 saturated heterocycles. The second kappa shape index (κ2) is 11.4. The highest BCUT2D eigenvalue weighted by Crippen LogP contribution is 2.40. The van der Waals surface area contributed by atoms with E-state index >= 15 is 0 Å². The summed E-state index contributed by atoms with van der Waals surface area (Å²) in [6.07, 6.45) is -2.45. The molecule has 3 aliphatic rings. The van der Waals surface area contributed by atoms with Crippen molar-refractivity contribution in [3.8, 4) is 0 Å². The fourth-order valence-electron chi connectivity index (χ4n) is 5.11. The molecule has 1 atom stereocenters. The van der Waals surface area contributed by atoms with Crippen LogP contribution in [-0.4, -0.2) is 58.8 Å². The number of ether oxygens (including phenoxy) is 2. The lowest BCUT2D eigenvalue weighted by atomic mass is 9.84. The van der Waals surface area contributed by atoms with Crippen LogP contribution in [0, 0.1) is 0 Å². The summed E-state index contributed by atoms with van der Waals surface area (Å²) < 4.78 is 51.1. The fourth-order valence-corrected chi connectivity index (χ4v) is 5.29. The van der Waals surface area contributed by atoms with Crippen LogP contribution in [0.4, 0.5) is 33.2 Å². The van der Waals surface area contributed by atoms with Gasteiger partial charge in [-0.15, -0.1) is 0 Å². The van der Waals surface area contributed by atoms with E-state index in [1.165, 1.54) is 13.0 Å². The molecule has 0 aromatic heterocycles. The molecule has 13 heteroatoms. The molecule has 212 valence electrons. The minimum Gasteiger partial charge on any atom is -0.450 e. The molecule has 9 nitrogen and oxygen atoms in total. The van der Waals surface area contributed by atoms with E-state index in [2.05, 4.69) is 10.6 Å². The minimum absolute atomic E-state index is 0.0349.